The van der Waals surface area contributed by atoms with Crippen LogP contribution in [-0.2, 0) is 14.3 Å². The molecule has 0 radical (unpaired) electrons. The summed E-state index contributed by atoms with van der Waals surface area (Å²) in [6, 6.07) is -2.94. The minimum absolute atomic E-state index is 0.111. The number of amides is 1. The summed E-state index contributed by atoms with van der Waals surface area (Å²) < 4.78 is 48.7. The van der Waals surface area contributed by atoms with Gasteiger partial charge in [0.1, 0.15) is 5.60 Å². The molecule has 0 aromatic rings. The van der Waals surface area contributed by atoms with Gasteiger partial charge in [0.15, 0.2) is 0 Å². The summed E-state index contributed by atoms with van der Waals surface area (Å²) in [5, 5.41) is 5.07. The SMILES string of the molecule is CCOC(=O)[C@@H](N[C@H]1CC[C@H](NC(=O)OC(C)(C)C)CC1)C(F)(F)F. The smallest absolute Gasteiger partial charge is 0.414 e. The quantitative estimate of drug-likeness (QED) is 0.730. The highest BCUT2D eigenvalue weighted by atomic mass is 19.4. The number of rotatable bonds is 5. The Labute approximate surface area is 145 Å². The molecule has 0 aliphatic heterocycles. The fraction of sp³-hybridized carbons (Fsp3) is 0.875. The number of carbonyl (C=O) groups is 2. The zero-order chi connectivity index (χ0) is 19.3. The van der Waals surface area contributed by atoms with Crippen LogP contribution >= 0.6 is 0 Å². The molecule has 1 atom stereocenters. The Balaban J connectivity index is 2.49. The molecule has 0 aromatic carbocycles. The van der Waals surface area contributed by atoms with E-state index in [4.69, 9.17) is 4.74 Å². The maximum atomic E-state index is 13.0. The van der Waals surface area contributed by atoms with Crippen LogP contribution in [0.25, 0.3) is 0 Å². The normalized spacial score (nSPS) is 22.8. The fourth-order valence-electron chi connectivity index (χ4n) is 2.64. The van der Waals surface area contributed by atoms with Crippen molar-refractivity contribution in [2.24, 2.45) is 0 Å². The minimum Gasteiger partial charge on any atom is -0.465 e. The van der Waals surface area contributed by atoms with Gasteiger partial charge < -0.3 is 14.8 Å². The summed E-state index contributed by atoms with van der Waals surface area (Å²) in [5.41, 5.74) is -0.609. The number of hydrogen-bond acceptors (Lipinski definition) is 5. The Kier molecular flexibility index (Phi) is 7.52. The Hall–Kier alpha value is -1.51. The highest BCUT2D eigenvalue weighted by molar-refractivity contribution is 5.76. The van der Waals surface area contributed by atoms with Gasteiger partial charge in [-0.1, -0.05) is 0 Å². The van der Waals surface area contributed by atoms with Crippen LogP contribution in [-0.4, -0.2) is 48.6 Å². The molecule has 0 saturated heterocycles. The number of nitrogens with one attached hydrogen (secondary N) is 2. The summed E-state index contributed by atoms with van der Waals surface area (Å²) in [6.07, 6.45) is -3.42. The summed E-state index contributed by atoms with van der Waals surface area (Å²) in [6.45, 7) is 6.60. The van der Waals surface area contributed by atoms with Gasteiger partial charge in [0, 0.05) is 12.1 Å². The molecular formula is C16H27F3N2O4. The van der Waals surface area contributed by atoms with E-state index in [1.807, 2.05) is 0 Å². The van der Waals surface area contributed by atoms with Gasteiger partial charge in [-0.2, -0.15) is 13.2 Å². The summed E-state index contributed by atoms with van der Waals surface area (Å²) >= 11 is 0. The van der Waals surface area contributed by atoms with Crippen molar-refractivity contribution in [3.8, 4) is 0 Å². The van der Waals surface area contributed by atoms with Crippen LogP contribution in [0, 0.1) is 0 Å². The maximum Gasteiger partial charge on any atom is 0.414 e. The monoisotopic (exact) mass is 368 g/mol. The molecule has 0 unspecified atom stereocenters. The van der Waals surface area contributed by atoms with Crippen LogP contribution < -0.4 is 10.6 Å². The molecule has 0 heterocycles. The Morgan fingerprint density at radius 1 is 1.08 bits per heavy atom. The molecule has 1 fully saturated rings. The average Bonchev–Trinajstić information content (AvgIpc) is 2.43. The molecular weight excluding hydrogens is 341 g/mol. The zero-order valence-corrected chi connectivity index (χ0v) is 15.0. The molecule has 9 heteroatoms. The molecule has 0 aromatic heterocycles. The Bertz CT molecular complexity index is 455. The number of ether oxygens (including phenoxy) is 2. The molecule has 0 spiro atoms. The molecule has 0 bridgehead atoms. The van der Waals surface area contributed by atoms with Gasteiger partial charge in [0.05, 0.1) is 6.61 Å². The van der Waals surface area contributed by atoms with Gasteiger partial charge in [-0.25, -0.2) is 9.59 Å². The van der Waals surface area contributed by atoms with Crippen LogP contribution in [0.4, 0.5) is 18.0 Å². The van der Waals surface area contributed by atoms with Crippen LogP contribution in [0.3, 0.4) is 0 Å². The van der Waals surface area contributed by atoms with E-state index in [0.29, 0.717) is 25.7 Å². The van der Waals surface area contributed by atoms with E-state index in [0.717, 1.165) is 0 Å². The second kappa shape index (κ2) is 8.73. The van der Waals surface area contributed by atoms with Gasteiger partial charge in [0.25, 0.3) is 0 Å². The summed E-state index contributed by atoms with van der Waals surface area (Å²) in [4.78, 5) is 23.2. The van der Waals surface area contributed by atoms with Crippen molar-refractivity contribution in [1.82, 2.24) is 10.6 Å². The third kappa shape index (κ3) is 7.94. The van der Waals surface area contributed by atoms with E-state index in [2.05, 4.69) is 15.4 Å². The number of alkyl carbamates (subject to hydrolysis) is 1. The van der Waals surface area contributed by atoms with Crippen LogP contribution in [0.5, 0.6) is 0 Å². The van der Waals surface area contributed by atoms with Gasteiger partial charge in [0.2, 0.25) is 6.04 Å². The van der Waals surface area contributed by atoms with Crippen molar-refractivity contribution in [3.05, 3.63) is 0 Å². The topological polar surface area (TPSA) is 76.7 Å². The summed E-state index contributed by atoms with van der Waals surface area (Å²) in [5.74, 6) is -1.32. The van der Waals surface area contributed by atoms with E-state index >= 15 is 0 Å². The van der Waals surface area contributed by atoms with Crippen molar-refractivity contribution >= 4 is 12.1 Å². The molecule has 1 amide bonds. The second-order valence-corrected chi connectivity index (χ2v) is 7.09. The first-order valence-corrected chi connectivity index (χ1v) is 8.41. The molecule has 2 N–H and O–H groups in total. The van der Waals surface area contributed by atoms with Gasteiger partial charge in [-0.15, -0.1) is 0 Å². The summed E-state index contributed by atoms with van der Waals surface area (Å²) in [7, 11) is 0. The number of halogens is 3. The maximum absolute atomic E-state index is 13.0. The predicted molar refractivity (Wildman–Crippen MR) is 85.0 cm³/mol. The highest BCUT2D eigenvalue weighted by Crippen LogP contribution is 2.25. The third-order valence-electron chi connectivity index (χ3n) is 3.70. The molecule has 1 saturated carbocycles. The Morgan fingerprint density at radius 2 is 1.60 bits per heavy atom. The second-order valence-electron chi connectivity index (χ2n) is 7.09. The van der Waals surface area contributed by atoms with E-state index in [9.17, 15) is 22.8 Å². The molecule has 1 aliphatic rings. The number of esters is 1. The lowest BCUT2D eigenvalue weighted by atomic mass is 9.90. The van der Waals surface area contributed by atoms with Crippen molar-refractivity contribution in [3.63, 3.8) is 0 Å². The van der Waals surface area contributed by atoms with Gasteiger partial charge in [-0.3, -0.25) is 5.32 Å². The Morgan fingerprint density at radius 3 is 2.04 bits per heavy atom. The first-order chi connectivity index (χ1) is 11.4. The molecule has 25 heavy (non-hydrogen) atoms. The van der Waals surface area contributed by atoms with Crippen molar-refractivity contribution < 1.29 is 32.2 Å². The molecule has 1 aliphatic carbocycles. The third-order valence-corrected chi connectivity index (χ3v) is 3.70. The van der Waals surface area contributed by atoms with Crippen LogP contribution in [0.2, 0.25) is 0 Å². The lowest BCUT2D eigenvalue weighted by molar-refractivity contribution is -0.185. The van der Waals surface area contributed by atoms with Gasteiger partial charge in [-0.05, 0) is 53.4 Å². The molecule has 1 rings (SSSR count). The number of alkyl halides is 3. The molecule has 6 nitrogen and oxygen atoms in total. The first-order valence-electron chi connectivity index (χ1n) is 8.41. The first kappa shape index (κ1) is 21.5. The van der Waals surface area contributed by atoms with E-state index in [1.165, 1.54) is 6.92 Å². The van der Waals surface area contributed by atoms with E-state index in [1.54, 1.807) is 20.8 Å². The zero-order valence-electron chi connectivity index (χ0n) is 15.0. The standard InChI is InChI=1S/C16H27F3N2O4/c1-5-24-13(22)12(16(17,18)19)20-10-6-8-11(9-7-10)21-14(23)25-15(2,3)4/h10-12,20H,5-9H2,1-4H3,(H,21,23)/t10-,11-,12-/m1/s1. The largest absolute Gasteiger partial charge is 0.465 e. The number of carbonyl (C=O) groups excluding carboxylic acids is 2. The van der Waals surface area contributed by atoms with Crippen molar-refractivity contribution in [2.45, 2.75) is 83.3 Å². The van der Waals surface area contributed by atoms with E-state index < -0.39 is 35.9 Å². The van der Waals surface area contributed by atoms with Gasteiger partial charge >= 0.3 is 18.2 Å². The average molecular weight is 368 g/mol. The van der Waals surface area contributed by atoms with E-state index in [-0.39, 0.29) is 12.6 Å². The van der Waals surface area contributed by atoms with Crippen LogP contribution in [0.1, 0.15) is 53.4 Å². The predicted octanol–water partition coefficient (Wildman–Crippen LogP) is 2.91. The van der Waals surface area contributed by atoms with Crippen molar-refractivity contribution in [2.75, 3.05) is 6.61 Å². The van der Waals surface area contributed by atoms with Crippen molar-refractivity contribution in [1.29, 1.82) is 0 Å². The highest BCUT2D eigenvalue weighted by Gasteiger charge is 2.47. The van der Waals surface area contributed by atoms with Crippen LogP contribution in [0.15, 0.2) is 0 Å². The lowest BCUT2D eigenvalue weighted by Gasteiger charge is -2.32. The minimum atomic E-state index is -4.71. The lowest BCUT2D eigenvalue weighted by Crippen LogP contribution is -2.54. The molecule has 146 valence electrons. The fourth-order valence-corrected chi connectivity index (χ4v) is 2.64. The number of hydrogen-bond donors (Lipinski definition) is 2.